The minimum absolute atomic E-state index is 0.286. The van der Waals surface area contributed by atoms with Crippen molar-refractivity contribution >= 4 is 5.70 Å². The third-order valence-corrected chi connectivity index (χ3v) is 2.45. The molecule has 0 aliphatic carbocycles. The summed E-state index contributed by atoms with van der Waals surface area (Å²) in [7, 11) is 0. The lowest BCUT2D eigenvalue weighted by Crippen LogP contribution is -2.12. The van der Waals surface area contributed by atoms with Crippen molar-refractivity contribution in [2.24, 2.45) is 0 Å². The van der Waals surface area contributed by atoms with Crippen LogP contribution in [0.15, 0.2) is 41.4 Å². The van der Waals surface area contributed by atoms with Gasteiger partial charge >= 0.3 is 0 Å². The zero-order valence-corrected chi connectivity index (χ0v) is 10.6. The van der Waals surface area contributed by atoms with Crippen molar-refractivity contribution in [3.63, 3.8) is 0 Å². The SMILES string of the molecule is C=C(NOCCC)c1cc(-c2ccc(F)cc2)no1. The van der Waals surface area contributed by atoms with E-state index in [2.05, 4.69) is 17.2 Å². The fraction of sp³-hybridized carbons (Fsp3) is 0.214. The van der Waals surface area contributed by atoms with Crippen LogP contribution in [0.5, 0.6) is 0 Å². The van der Waals surface area contributed by atoms with E-state index in [0.29, 0.717) is 23.8 Å². The molecule has 19 heavy (non-hydrogen) atoms. The van der Waals surface area contributed by atoms with Crippen LogP contribution in [0.1, 0.15) is 19.1 Å². The van der Waals surface area contributed by atoms with Gasteiger partial charge in [0.15, 0.2) is 5.76 Å². The maximum Gasteiger partial charge on any atom is 0.184 e. The van der Waals surface area contributed by atoms with Crippen LogP contribution in [-0.4, -0.2) is 11.8 Å². The quantitative estimate of drug-likeness (QED) is 0.640. The summed E-state index contributed by atoms with van der Waals surface area (Å²) in [5, 5.41) is 3.91. The Bertz CT molecular complexity index is 549. The Morgan fingerprint density at radius 1 is 1.42 bits per heavy atom. The van der Waals surface area contributed by atoms with Gasteiger partial charge in [-0.25, -0.2) is 4.39 Å². The highest BCUT2D eigenvalue weighted by Crippen LogP contribution is 2.21. The summed E-state index contributed by atoms with van der Waals surface area (Å²) in [6.07, 6.45) is 0.900. The van der Waals surface area contributed by atoms with Gasteiger partial charge in [0, 0.05) is 11.6 Å². The molecule has 4 nitrogen and oxygen atoms in total. The van der Waals surface area contributed by atoms with Crippen LogP contribution >= 0.6 is 0 Å². The first-order chi connectivity index (χ1) is 9.20. The molecule has 2 aromatic rings. The smallest absolute Gasteiger partial charge is 0.184 e. The molecule has 1 heterocycles. The minimum Gasteiger partial charge on any atom is -0.354 e. The predicted octanol–water partition coefficient (Wildman–Crippen LogP) is 3.38. The molecule has 0 amide bonds. The molecule has 0 saturated heterocycles. The third-order valence-electron chi connectivity index (χ3n) is 2.45. The summed E-state index contributed by atoms with van der Waals surface area (Å²) >= 11 is 0. The number of nitrogens with one attached hydrogen (secondary N) is 1. The highest BCUT2D eigenvalue weighted by atomic mass is 19.1. The molecular weight excluding hydrogens is 247 g/mol. The number of benzene rings is 1. The molecule has 100 valence electrons. The van der Waals surface area contributed by atoms with Crippen molar-refractivity contribution < 1.29 is 13.8 Å². The van der Waals surface area contributed by atoms with Crippen LogP contribution < -0.4 is 5.48 Å². The summed E-state index contributed by atoms with van der Waals surface area (Å²) in [5.74, 6) is 0.196. The van der Waals surface area contributed by atoms with Crippen molar-refractivity contribution in [2.75, 3.05) is 6.61 Å². The molecule has 0 aliphatic rings. The molecule has 0 unspecified atom stereocenters. The van der Waals surface area contributed by atoms with Crippen molar-refractivity contribution in [1.82, 2.24) is 10.6 Å². The molecule has 0 aliphatic heterocycles. The van der Waals surface area contributed by atoms with Crippen LogP contribution in [0.2, 0.25) is 0 Å². The van der Waals surface area contributed by atoms with Crippen LogP contribution in [0, 0.1) is 5.82 Å². The van der Waals surface area contributed by atoms with E-state index in [1.807, 2.05) is 6.92 Å². The number of hydroxylamine groups is 1. The summed E-state index contributed by atoms with van der Waals surface area (Å²) in [5.41, 5.74) is 4.58. The lowest BCUT2D eigenvalue weighted by atomic mass is 10.1. The van der Waals surface area contributed by atoms with E-state index < -0.39 is 0 Å². The van der Waals surface area contributed by atoms with Crippen molar-refractivity contribution in [3.8, 4) is 11.3 Å². The van der Waals surface area contributed by atoms with E-state index >= 15 is 0 Å². The fourth-order valence-electron chi connectivity index (χ4n) is 1.46. The zero-order chi connectivity index (χ0) is 13.7. The molecule has 0 radical (unpaired) electrons. The van der Waals surface area contributed by atoms with Crippen LogP contribution in [0.3, 0.4) is 0 Å². The van der Waals surface area contributed by atoms with Crippen LogP contribution in [0.25, 0.3) is 17.0 Å². The van der Waals surface area contributed by atoms with E-state index in [1.165, 1.54) is 12.1 Å². The lowest BCUT2D eigenvalue weighted by Gasteiger charge is -2.04. The molecule has 0 saturated carbocycles. The van der Waals surface area contributed by atoms with Gasteiger partial charge in [-0.15, -0.1) is 0 Å². The number of hydrogen-bond donors (Lipinski definition) is 1. The van der Waals surface area contributed by atoms with E-state index in [9.17, 15) is 4.39 Å². The van der Waals surface area contributed by atoms with Gasteiger partial charge in [0.25, 0.3) is 0 Å². The molecule has 1 aromatic heterocycles. The van der Waals surface area contributed by atoms with Gasteiger partial charge in [-0.2, -0.15) is 0 Å². The summed E-state index contributed by atoms with van der Waals surface area (Å²) in [6.45, 7) is 6.37. The van der Waals surface area contributed by atoms with E-state index in [4.69, 9.17) is 9.36 Å². The number of nitrogens with zero attached hydrogens (tertiary/aromatic N) is 1. The maximum atomic E-state index is 12.8. The molecule has 5 heteroatoms. The first-order valence-corrected chi connectivity index (χ1v) is 6.00. The molecule has 0 bridgehead atoms. The normalized spacial score (nSPS) is 10.4. The maximum absolute atomic E-state index is 12.8. The average Bonchev–Trinajstić information content (AvgIpc) is 2.89. The molecule has 2 rings (SSSR count). The summed E-state index contributed by atoms with van der Waals surface area (Å²) in [4.78, 5) is 5.14. The molecule has 1 aromatic carbocycles. The molecule has 0 spiro atoms. The van der Waals surface area contributed by atoms with E-state index in [-0.39, 0.29) is 5.82 Å². The van der Waals surface area contributed by atoms with Crippen molar-refractivity contribution in [3.05, 3.63) is 48.5 Å². The Kier molecular flexibility index (Phi) is 4.30. The van der Waals surface area contributed by atoms with Gasteiger partial charge in [-0.1, -0.05) is 18.7 Å². The monoisotopic (exact) mass is 262 g/mol. The molecule has 0 fully saturated rings. The Balaban J connectivity index is 2.06. The lowest BCUT2D eigenvalue weighted by molar-refractivity contribution is 0.0776. The van der Waals surface area contributed by atoms with Gasteiger partial charge in [0.1, 0.15) is 11.5 Å². The molecule has 1 N–H and O–H groups in total. The van der Waals surface area contributed by atoms with Gasteiger partial charge in [-0.05, 0) is 30.7 Å². The topological polar surface area (TPSA) is 47.3 Å². The number of rotatable bonds is 6. The number of halogens is 1. The second-order valence-electron chi connectivity index (χ2n) is 4.01. The second kappa shape index (κ2) is 6.15. The minimum atomic E-state index is -0.286. The third kappa shape index (κ3) is 3.42. The number of aromatic nitrogens is 1. The Morgan fingerprint density at radius 3 is 2.84 bits per heavy atom. The highest BCUT2D eigenvalue weighted by molar-refractivity contribution is 5.64. The predicted molar refractivity (Wildman–Crippen MR) is 70.3 cm³/mol. The summed E-state index contributed by atoms with van der Waals surface area (Å²) in [6, 6.07) is 7.75. The van der Waals surface area contributed by atoms with Crippen LogP contribution in [-0.2, 0) is 4.84 Å². The Labute approximate surface area is 110 Å². The van der Waals surface area contributed by atoms with Crippen molar-refractivity contribution in [1.29, 1.82) is 0 Å². The van der Waals surface area contributed by atoms with Gasteiger partial charge in [0.2, 0.25) is 0 Å². The largest absolute Gasteiger partial charge is 0.354 e. The van der Waals surface area contributed by atoms with E-state index in [0.717, 1.165) is 12.0 Å². The number of hydrogen-bond acceptors (Lipinski definition) is 4. The zero-order valence-electron chi connectivity index (χ0n) is 10.6. The fourth-order valence-corrected chi connectivity index (χ4v) is 1.46. The Morgan fingerprint density at radius 2 is 2.16 bits per heavy atom. The second-order valence-corrected chi connectivity index (χ2v) is 4.01. The first-order valence-electron chi connectivity index (χ1n) is 6.00. The van der Waals surface area contributed by atoms with Gasteiger partial charge in [0.05, 0.1) is 12.3 Å². The van der Waals surface area contributed by atoms with Gasteiger partial charge < -0.3 is 4.52 Å². The molecule has 0 atom stereocenters. The first kappa shape index (κ1) is 13.3. The van der Waals surface area contributed by atoms with Gasteiger partial charge in [-0.3, -0.25) is 10.3 Å². The highest BCUT2D eigenvalue weighted by Gasteiger charge is 2.09. The standard InChI is InChI=1S/C14H15FN2O2/c1-3-8-18-16-10(2)14-9-13(17-19-14)11-4-6-12(15)7-5-11/h4-7,9,16H,2-3,8H2,1H3. The van der Waals surface area contributed by atoms with Crippen molar-refractivity contribution in [2.45, 2.75) is 13.3 Å². The Hall–Kier alpha value is -2.14. The average molecular weight is 262 g/mol. The van der Waals surface area contributed by atoms with E-state index in [1.54, 1.807) is 18.2 Å². The summed E-state index contributed by atoms with van der Waals surface area (Å²) < 4.78 is 18.0. The van der Waals surface area contributed by atoms with Crippen LogP contribution in [0.4, 0.5) is 4.39 Å². The molecular formula is C14H15FN2O2.